The van der Waals surface area contributed by atoms with Gasteiger partial charge in [0.25, 0.3) is 11.8 Å². The number of hydrogen-bond donors (Lipinski definition) is 1. The molecule has 2 saturated heterocycles. The maximum Gasteiger partial charge on any atom is 0.277 e. The van der Waals surface area contributed by atoms with Gasteiger partial charge in [0.1, 0.15) is 53.9 Å². The Morgan fingerprint density at radius 1 is 1.04 bits per heavy atom. The number of piperidine rings is 2. The van der Waals surface area contributed by atoms with Crippen LogP contribution in [0.25, 0.3) is 0 Å². The predicted octanol–water partition coefficient (Wildman–Crippen LogP) is 4.34. The number of ether oxygens (including phenoxy) is 3. The predicted molar refractivity (Wildman–Crippen MR) is 160 cm³/mol. The van der Waals surface area contributed by atoms with E-state index in [-0.39, 0.29) is 62.1 Å². The molecule has 0 spiro atoms. The van der Waals surface area contributed by atoms with Crippen molar-refractivity contribution in [1.82, 2.24) is 10.2 Å². The summed E-state index contributed by atoms with van der Waals surface area (Å²) in [5.74, 6) is -5.20. The van der Waals surface area contributed by atoms with Gasteiger partial charge in [-0.05, 0) is 42.8 Å². The Kier molecular flexibility index (Phi) is 7.45. The van der Waals surface area contributed by atoms with Crippen LogP contribution < -0.4 is 24.4 Å². The van der Waals surface area contributed by atoms with E-state index in [2.05, 4.69) is 5.32 Å². The Labute approximate surface area is 267 Å². The molecule has 3 aliphatic heterocycles. The molecule has 0 aromatic heterocycles. The van der Waals surface area contributed by atoms with Crippen LogP contribution in [0.4, 0.5) is 18.9 Å². The molecule has 4 atom stereocenters. The van der Waals surface area contributed by atoms with Crippen LogP contribution in [0.15, 0.2) is 54.6 Å². The van der Waals surface area contributed by atoms with E-state index in [1.165, 1.54) is 24.1 Å². The molecule has 3 aromatic rings. The third kappa shape index (κ3) is 5.27. The monoisotopic (exact) mass is 646 g/mol. The number of amides is 3. The fraction of sp³-hybridized carbons (Fsp3) is 0.353. The molecule has 7 rings (SSSR count). The van der Waals surface area contributed by atoms with Crippen molar-refractivity contribution in [2.45, 2.75) is 56.5 Å². The van der Waals surface area contributed by atoms with E-state index in [1.54, 1.807) is 41.3 Å². The third-order valence-electron chi connectivity index (χ3n) is 9.33. The SMILES string of the molecule is COc1cc(N2CCC(Oc3ccc(COc4cccc5c4CN([C@H]4CCC(=O)NC4=O)C5=O)c(F)c3)C3C2C3(F)F)ccc1C#N. The van der Waals surface area contributed by atoms with Gasteiger partial charge in [0.05, 0.1) is 25.1 Å². The molecule has 1 aliphatic carbocycles. The van der Waals surface area contributed by atoms with Crippen LogP contribution in [0.2, 0.25) is 0 Å². The van der Waals surface area contributed by atoms with E-state index in [0.29, 0.717) is 33.9 Å². The van der Waals surface area contributed by atoms with E-state index in [0.717, 1.165) is 6.07 Å². The molecule has 3 amide bonds. The lowest BCUT2D eigenvalue weighted by Gasteiger charge is -2.32. The molecule has 3 heterocycles. The van der Waals surface area contributed by atoms with Crippen molar-refractivity contribution >= 4 is 23.4 Å². The van der Waals surface area contributed by atoms with Crippen LogP contribution in [0.1, 0.15) is 46.3 Å². The zero-order valence-corrected chi connectivity index (χ0v) is 25.2. The van der Waals surface area contributed by atoms with Gasteiger partial charge in [-0.1, -0.05) is 6.07 Å². The van der Waals surface area contributed by atoms with Crippen LogP contribution in [0.3, 0.4) is 0 Å². The molecule has 4 aliphatic rings. The molecular weight excluding hydrogens is 617 g/mol. The highest BCUT2D eigenvalue weighted by molar-refractivity contribution is 6.05. The molecule has 13 heteroatoms. The van der Waals surface area contributed by atoms with Crippen molar-refractivity contribution in [2.75, 3.05) is 18.6 Å². The molecular formula is C34H29F3N4O6. The van der Waals surface area contributed by atoms with Gasteiger partial charge in [0.15, 0.2) is 0 Å². The fourth-order valence-corrected chi connectivity index (χ4v) is 6.89. The number of alkyl halides is 2. The Balaban J connectivity index is 1.00. The number of hydrogen-bond acceptors (Lipinski definition) is 8. The lowest BCUT2D eigenvalue weighted by molar-refractivity contribution is -0.136. The van der Waals surface area contributed by atoms with Gasteiger partial charge in [0.2, 0.25) is 11.8 Å². The molecule has 0 radical (unpaired) electrons. The maximum absolute atomic E-state index is 15.2. The number of carbonyl (C=O) groups excluding carboxylic acids is 3. The summed E-state index contributed by atoms with van der Waals surface area (Å²) in [7, 11) is 1.42. The van der Waals surface area contributed by atoms with Crippen molar-refractivity contribution in [3.05, 3.63) is 82.7 Å². The second-order valence-corrected chi connectivity index (χ2v) is 12.0. The first-order chi connectivity index (χ1) is 22.6. The number of nitriles is 1. The maximum atomic E-state index is 15.2. The highest BCUT2D eigenvalue weighted by Crippen LogP contribution is 2.58. The number of rotatable bonds is 8. The standard InChI is InChI=1S/C34H29F3N4O6/c1-45-28-13-20(7-5-18(28)15-38)40-12-11-27(30-31(40)34(30,36)37)47-21-8-6-19(24(35)14-21)17-46-26-4-2-3-22-23(26)16-41(33(22)44)25-9-10-29(42)39-32(25)43/h2-8,13-14,25,27,30-31H,9-12,16-17H2,1H3,(H,39,42,43)/t25-,27?,30?,31?/m0/s1. The lowest BCUT2D eigenvalue weighted by Crippen LogP contribution is -2.52. The van der Waals surface area contributed by atoms with E-state index in [4.69, 9.17) is 14.2 Å². The summed E-state index contributed by atoms with van der Waals surface area (Å²) in [4.78, 5) is 40.0. The normalized spacial score (nSPS) is 24.2. The Hall–Kier alpha value is -5.25. The summed E-state index contributed by atoms with van der Waals surface area (Å²) in [5.41, 5.74) is 1.97. The molecule has 3 unspecified atom stereocenters. The molecule has 1 N–H and O–H groups in total. The smallest absolute Gasteiger partial charge is 0.277 e. The number of benzene rings is 3. The number of methoxy groups -OCH3 is 1. The lowest BCUT2D eigenvalue weighted by atomic mass is 10.0. The van der Waals surface area contributed by atoms with Crippen LogP contribution in [-0.2, 0) is 22.7 Å². The first kappa shape index (κ1) is 30.4. The Morgan fingerprint density at radius 2 is 1.87 bits per heavy atom. The summed E-state index contributed by atoms with van der Waals surface area (Å²) in [6, 6.07) is 13.9. The van der Waals surface area contributed by atoms with Crippen molar-refractivity contribution in [2.24, 2.45) is 5.92 Å². The summed E-state index contributed by atoms with van der Waals surface area (Å²) in [5, 5.41) is 11.5. The molecule has 3 aromatic carbocycles. The van der Waals surface area contributed by atoms with Crippen molar-refractivity contribution in [1.29, 1.82) is 5.26 Å². The number of carbonyl (C=O) groups is 3. The number of imide groups is 1. The van der Waals surface area contributed by atoms with Gasteiger partial charge < -0.3 is 24.0 Å². The first-order valence-corrected chi connectivity index (χ1v) is 15.2. The van der Waals surface area contributed by atoms with Crippen LogP contribution in [0.5, 0.6) is 17.2 Å². The van der Waals surface area contributed by atoms with E-state index in [9.17, 15) is 19.6 Å². The van der Waals surface area contributed by atoms with Gasteiger partial charge in [-0.2, -0.15) is 5.26 Å². The Morgan fingerprint density at radius 3 is 2.62 bits per heavy atom. The van der Waals surface area contributed by atoms with Gasteiger partial charge in [-0.15, -0.1) is 0 Å². The van der Waals surface area contributed by atoms with Gasteiger partial charge >= 0.3 is 0 Å². The number of anilines is 1. The topological polar surface area (TPSA) is 121 Å². The van der Waals surface area contributed by atoms with E-state index >= 15 is 13.2 Å². The molecule has 0 bridgehead atoms. The minimum atomic E-state index is -3.01. The van der Waals surface area contributed by atoms with E-state index in [1.807, 2.05) is 6.07 Å². The third-order valence-corrected chi connectivity index (χ3v) is 9.33. The second kappa shape index (κ2) is 11.5. The second-order valence-electron chi connectivity index (χ2n) is 12.0. The minimum Gasteiger partial charge on any atom is -0.495 e. The average Bonchev–Trinajstić information content (AvgIpc) is 3.49. The van der Waals surface area contributed by atoms with Gasteiger partial charge in [-0.3, -0.25) is 19.7 Å². The first-order valence-electron chi connectivity index (χ1n) is 15.2. The van der Waals surface area contributed by atoms with Gasteiger partial charge in [-0.25, -0.2) is 13.2 Å². The quantitative estimate of drug-likeness (QED) is 0.359. The largest absolute Gasteiger partial charge is 0.495 e. The number of nitrogens with zero attached hydrogens (tertiary/aromatic N) is 3. The molecule has 1 saturated carbocycles. The van der Waals surface area contributed by atoms with Crippen molar-refractivity contribution in [3.63, 3.8) is 0 Å². The van der Waals surface area contributed by atoms with Crippen LogP contribution in [0, 0.1) is 23.1 Å². The number of nitrogens with one attached hydrogen (secondary N) is 1. The summed E-state index contributed by atoms with van der Waals surface area (Å²) < 4.78 is 62.4. The molecule has 47 heavy (non-hydrogen) atoms. The average molecular weight is 647 g/mol. The zero-order valence-electron chi connectivity index (χ0n) is 25.2. The molecule has 3 fully saturated rings. The van der Waals surface area contributed by atoms with Crippen LogP contribution >= 0.6 is 0 Å². The molecule has 10 nitrogen and oxygen atoms in total. The fourth-order valence-electron chi connectivity index (χ4n) is 6.89. The Bertz CT molecular complexity index is 1840. The summed E-state index contributed by atoms with van der Waals surface area (Å²) in [6.07, 6.45) is -0.190. The highest BCUT2D eigenvalue weighted by atomic mass is 19.3. The van der Waals surface area contributed by atoms with Crippen molar-refractivity contribution in [3.8, 4) is 23.3 Å². The number of halogens is 3. The molecule has 242 valence electrons. The summed E-state index contributed by atoms with van der Waals surface area (Å²) in [6.45, 7) is 0.205. The van der Waals surface area contributed by atoms with Crippen LogP contribution in [-0.4, -0.2) is 60.4 Å². The van der Waals surface area contributed by atoms with Gasteiger partial charge in [0, 0.05) is 53.9 Å². The minimum absolute atomic E-state index is 0.107. The van der Waals surface area contributed by atoms with E-state index < -0.39 is 41.8 Å². The number of fused-ring (bicyclic) bond motifs is 2. The van der Waals surface area contributed by atoms with Crippen molar-refractivity contribution < 1.29 is 41.8 Å². The highest BCUT2D eigenvalue weighted by Gasteiger charge is 2.75. The zero-order chi connectivity index (χ0) is 33.0. The summed E-state index contributed by atoms with van der Waals surface area (Å²) >= 11 is 0.